The highest BCUT2D eigenvalue weighted by Crippen LogP contribution is 2.28. The Bertz CT molecular complexity index is 1320. The summed E-state index contributed by atoms with van der Waals surface area (Å²) in [6.07, 6.45) is 2.09. The molecule has 0 radical (unpaired) electrons. The van der Waals surface area contributed by atoms with Crippen LogP contribution in [0.5, 0.6) is 0 Å². The van der Waals surface area contributed by atoms with Crippen molar-refractivity contribution in [2.24, 2.45) is 0 Å². The number of benzene rings is 3. The molecule has 0 aliphatic carbocycles. The zero-order chi connectivity index (χ0) is 27.7. The number of nitrogens with zero attached hydrogens (tertiary/aromatic N) is 2. The fraction of sp³-hybridized carbons (Fsp3) is 0.310. The maximum Gasteiger partial charge on any atom is 0.244 e. The minimum atomic E-state index is -3.81. The van der Waals surface area contributed by atoms with Crippen molar-refractivity contribution in [2.45, 2.75) is 45.3 Å². The Hall–Kier alpha value is -3.17. The van der Waals surface area contributed by atoms with Gasteiger partial charge in [-0.1, -0.05) is 79.7 Å². The molecular weight excluding hydrogens is 566 g/mol. The molecule has 0 aliphatic rings. The number of para-hydroxylation sites is 1. The zero-order valence-electron chi connectivity index (χ0n) is 21.9. The predicted octanol–water partition coefficient (Wildman–Crippen LogP) is 4.77. The first-order chi connectivity index (χ1) is 18.1. The number of hydrogen-bond donors (Lipinski definition) is 1. The molecule has 0 aromatic heterocycles. The molecule has 38 heavy (non-hydrogen) atoms. The van der Waals surface area contributed by atoms with Gasteiger partial charge in [-0.05, 0) is 52.5 Å². The van der Waals surface area contributed by atoms with Gasteiger partial charge < -0.3 is 10.2 Å². The van der Waals surface area contributed by atoms with E-state index in [1.807, 2.05) is 74.5 Å². The van der Waals surface area contributed by atoms with E-state index in [1.165, 1.54) is 4.90 Å². The molecule has 3 aromatic rings. The van der Waals surface area contributed by atoms with E-state index < -0.39 is 28.5 Å². The molecule has 3 rings (SSSR count). The van der Waals surface area contributed by atoms with Gasteiger partial charge in [-0.2, -0.15) is 0 Å². The Morgan fingerprint density at radius 1 is 0.895 bits per heavy atom. The maximum atomic E-state index is 14.0. The van der Waals surface area contributed by atoms with E-state index in [2.05, 4.69) is 21.2 Å². The summed E-state index contributed by atoms with van der Waals surface area (Å²) in [6, 6.07) is 24.8. The third kappa shape index (κ3) is 8.16. The SMILES string of the molecule is CC[C@H](C)NC(=O)[C@@H](Cc1ccccc1)N(Cc1ccccc1)C(=O)CN(c1ccccc1Br)S(C)(=O)=O. The predicted molar refractivity (Wildman–Crippen MR) is 155 cm³/mol. The summed E-state index contributed by atoms with van der Waals surface area (Å²) in [5.74, 6) is -0.755. The van der Waals surface area contributed by atoms with Gasteiger partial charge in [0.15, 0.2) is 0 Å². The lowest BCUT2D eigenvalue weighted by Crippen LogP contribution is -2.54. The summed E-state index contributed by atoms with van der Waals surface area (Å²) < 4.78 is 27.3. The molecule has 0 fully saturated rings. The van der Waals surface area contributed by atoms with Crippen LogP contribution in [0.15, 0.2) is 89.4 Å². The Kier molecular flexibility index (Phi) is 10.5. The second-order valence-electron chi connectivity index (χ2n) is 9.25. The van der Waals surface area contributed by atoms with Crippen molar-refractivity contribution in [3.05, 3.63) is 101 Å². The highest BCUT2D eigenvalue weighted by Gasteiger charge is 2.33. The van der Waals surface area contributed by atoms with E-state index in [0.717, 1.165) is 28.1 Å². The van der Waals surface area contributed by atoms with Crippen molar-refractivity contribution in [1.29, 1.82) is 0 Å². The average Bonchev–Trinajstić information content (AvgIpc) is 2.90. The summed E-state index contributed by atoms with van der Waals surface area (Å²) in [7, 11) is -3.81. The average molecular weight is 601 g/mol. The minimum Gasteiger partial charge on any atom is -0.352 e. The molecule has 0 heterocycles. The van der Waals surface area contributed by atoms with Crippen molar-refractivity contribution in [1.82, 2.24) is 10.2 Å². The zero-order valence-corrected chi connectivity index (χ0v) is 24.3. The van der Waals surface area contributed by atoms with E-state index in [1.54, 1.807) is 24.3 Å². The third-order valence-electron chi connectivity index (χ3n) is 6.27. The number of carbonyl (C=O) groups is 2. The molecule has 0 aliphatic heterocycles. The van der Waals surface area contributed by atoms with Gasteiger partial charge in [0.1, 0.15) is 12.6 Å². The van der Waals surface area contributed by atoms with Crippen molar-refractivity contribution >= 4 is 43.5 Å². The second-order valence-corrected chi connectivity index (χ2v) is 12.0. The third-order valence-corrected chi connectivity index (χ3v) is 8.07. The van der Waals surface area contributed by atoms with Gasteiger partial charge in [-0.25, -0.2) is 8.42 Å². The van der Waals surface area contributed by atoms with Gasteiger partial charge in [-0.15, -0.1) is 0 Å². The van der Waals surface area contributed by atoms with Gasteiger partial charge in [0.05, 0.1) is 11.9 Å². The van der Waals surface area contributed by atoms with Crippen molar-refractivity contribution in [2.75, 3.05) is 17.1 Å². The molecule has 202 valence electrons. The first-order valence-corrected chi connectivity index (χ1v) is 15.1. The van der Waals surface area contributed by atoms with Gasteiger partial charge in [0.25, 0.3) is 0 Å². The fourth-order valence-electron chi connectivity index (χ4n) is 4.02. The minimum absolute atomic E-state index is 0.0813. The van der Waals surface area contributed by atoms with Crippen molar-refractivity contribution < 1.29 is 18.0 Å². The molecule has 2 atom stereocenters. The molecule has 9 heteroatoms. The molecule has 0 saturated heterocycles. The number of sulfonamides is 1. The molecule has 3 aromatic carbocycles. The van der Waals surface area contributed by atoms with Crippen LogP contribution in [0.25, 0.3) is 0 Å². The molecule has 0 spiro atoms. The number of carbonyl (C=O) groups excluding carboxylic acids is 2. The van der Waals surface area contributed by atoms with Gasteiger partial charge in [0, 0.05) is 23.5 Å². The summed E-state index contributed by atoms with van der Waals surface area (Å²) in [4.78, 5) is 29.1. The van der Waals surface area contributed by atoms with Gasteiger partial charge in [-0.3, -0.25) is 13.9 Å². The maximum absolute atomic E-state index is 14.0. The largest absolute Gasteiger partial charge is 0.352 e. The van der Waals surface area contributed by atoms with Crippen LogP contribution < -0.4 is 9.62 Å². The lowest BCUT2D eigenvalue weighted by molar-refractivity contribution is -0.140. The van der Waals surface area contributed by atoms with Gasteiger partial charge >= 0.3 is 0 Å². The molecule has 0 unspecified atom stereocenters. The van der Waals surface area contributed by atoms with Crippen molar-refractivity contribution in [3.8, 4) is 0 Å². The number of nitrogens with one attached hydrogen (secondary N) is 1. The topological polar surface area (TPSA) is 86.8 Å². The summed E-state index contributed by atoms with van der Waals surface area (Å²) in [6.45, 7) is 3.60. The van der Waals surface area contributed by atoms with Crippen LogP contribution in [0.3, 0.4) is 0 Å². The quantitative estimate of drug-likeness (QED) is 0.325. The number of hydrogen-bond acceptors (Lipinski definition) is 4. The lowest BCUT2D eigenvalue weighted by Gasteiger charge is -2.34. The van der Waals surface area contributed by atoms with Crippen LogP contribution in [0.1, 0.15) is 31.4 Å². The normalized spacial score (nSPS) is 12.8. The van der Waals surface area contributed by atoms with E-state index in [4.69, 9.17) is 0 Å². The Morgan fingerprint density at radius 2 is 1.45 bits per heavy atom. The number of anilines is 1. The number of halogens is 1. The molecule has 0 bridgehead atoms. The molecule has 0 saturated carbocycles. The Labute approximate surface area is 234 Å². The summed E-state index contributed by atoms with van der Waals surface area (Å²) in [5, 5.41) is 3.02. The van der Waals surface area contributed by atoms with E-state index in [-0.39, 0.29) is 24.9 Å². The van der Waals surface area contributed by atoms with Gasteiger partial charge in [0.2, 0.25) is 21.8 Å². The highest BCUT2D eigenvalue weighted by molar-refractivity contribution is 9.10. The lowest BCUT2D eigenvalue weighted by atomic mass is 10.0. The number of amides is 2. The van der Waals surface area contributed by atoms with Crippen LogP contribution in [-0.2, 0) is 32.6 Å². The Morgan fingerprint density at radius 3 is 2.00 bits per heavy atom. The van der Waals surface area contributed by atoms with Crippen LogP contribution >= 0.6 is 15.9 Å². The number of rotatable bonds is 12. The van der Waals surface area contributed by atoms with E-state index >= 15 is 0 Å². The highest BCUT2D eigenvalue weighted by atomic mass is 79.9. The fourth-order valence-corrected chi connectivity index (χ4v) is 5.50. The van der Waals surface area contributed by atoms with Crippen LogP contribution in [-0.4, -0.2) is 50.0 Å². The molecule has 2 amide bonds. The summed E-state index contributed by atoms with van der Waals surface area (Å²) in [5.41, 5.74) is 2.09. The summed E-state index contributed by atoms with van der Waals surface area (Å²) >= 11 is 3.41. The smallest absolute Gasteiger partial charge is 0.244 e. The second kappa shape index (κ2) is 13.6. The monoisotopic (exact) mass is 599 g/mol. The molecule has 7 nitrogen and oxygen atoms in total. The van der Waals surface area contributed by atoms with Crippen LogP contribution in [0.2, 0.25) is 0 Å². The van der Waals surface area contributed by atoms with E-state index in [9.17, 15) is 18.0 Å². The molecule has 1 N–H and O–H groups in total. The standard InChI is InChI=1S/C29H34BrN3O4S/c1-4-22(2)31-29(35)27(19-23-13-7-5-8-14-23)32(20-24-15-9-6-10-16-24)28(34)21-33(38(3,36)37)26-18-12-11-17-25(26)30/h5-18,22,27H,4,19-21H2,1-3H3,(H,31,35)/t22-,27+/m0/s1. The van der Waals surface area contributed by atoms with Crippen molar-refractivity contribution in [3.63, 3.8) is 0 Å². The Balaban J connectivity index is 2.05. The first-order valence-electron chi connectivity index (χ1n) is 12.5. The van der Waals surface area contributed by atoms with Crippen LogP contribution in [0, 0.1) is 0 Å². The van der Waals surface area contributed by atoms with Crippen LogP contribution in [0.4, 0.5) is 5.69 Å². The molecular formula is C29H34BrN3O4S. The first kappa shape index (κ1) is 29.4. The van der Waals surface area contributed by atoms with E-state index in [0.29, 0.717) is 10.2 Å².